The van der Waals surface area contributed by atoms with Crippen LogP contribution in [0.1, 0.15) is 53.4 Å². The minimum atomic E-state index is -0.699. The lowest BCUT2D eigenvalue weighted by Gasteiger charge is -2.19. The van der Waals surface area contributed by atoms with Crippen LogP contribution in [0.2, 0.25) is 0 Å². The number of hydrogen-bond acceptors (Lipinski definition) is 5. The van der Waals surface area contributed by atoms with Crippen molar-refractivity contribution in [3.63, 3.8) is 0 Å². The maximum Gasteiger partial charge on any atom is 0.334 e. The fraction of sp³-hybridized carbons (Fsp3) is 0.524. The second-order valence-corrected chi connectivity index (χ2v) is 7.10. The Morgan fingerprint density at radius 1 is 1.15 bits per heavy atom. The van der Waals surface area contributed by atoms with Crippen LogP contribution in [0.4, 0.5) is 0 Å². The van der Waals surface area contributed by atoms with Gasteiger partial charge in [0, 0.05) is 24.3 Å². The van der Waals surface area contributed by atoms with Crippen LogP contribution < -0.4 is 0 Å². The monoisotopic (exact) mass is 360 g/mol. The van der Waals surface area contributed by atoms with E-state index in [1.807, 2.05) is 26.8 Å². The van der Waals surface area contributed by atoms with Crippen LogP contribution >= 0.6 is 0 Å². The zero-order chi connectivity index (χ0) is 19.9. The lowest BCUT2D eigenvalue weighted by atomic mass is 9.83. The van der Waals surface area contributed by atoms with E-state index in [4.69, 9.17) is 4.74 Å². The summed E-state index contributed by atoms with van der Waals surface area (Å²) in [4.78, 5) is 49.4. The van der Waals surface area contributed by atoms with E-state index < -0.39 is 11.9 Å². The van der Waals surface area contributed by atoms with E-state index in [-0.39, 0.29) is 41.7 Å². The molecule has 1 rings (SSSR count). The molecule has 0 radical (unpaired) electrons. The Hall–Kier alpha value is -2.30. The molecule has 0 bridgehead atoms. The molecular formula is C21H28O5. The Labute approximate surface area is 155 Å². The molecule has 1 aliphatic carbocycles. The van der Waals surface area contributed by atoms with Crippen LogP contribution in [0.25, 0.3) is 0 Å². The minimum Gasteiger partial charge on any atom is -0.466 e. The molecule has 0 spiro atoms. The molecule has 26 heavy (non-hydrogen) atoms. The Kier molecular flexibility index (Phi) is 8.36. The van der Waals surface area contributed by atoms with E-state index in [2.05, 4.69) is 0 Å². The number of methoxy groups -OCH3 is 1. The van der Waals surface area contributed by atoms with E-state index in [0.717, 1.165) is 5.57 Å². The largest absolute Gasteiger partial charge is 0.466 e. The molecule has 1 atom stereocenters. The van der Waals surface area contributed by atoms with Crippen LogP contribution in [0, 0.1) is 11.8 Å². The van der Waals surface area contributed by atoms with Gasteiger partial charge in [0.2, 0.25) is 0 Å². The number of esters is 1. The molecular weight excluding hydrogens is 332 g/mol. The van der Waals surface area contributed by atoms with Crippen molar-refractivity contribution in [1.82, 2.24) is 0 Å². The summed E-state index contributed by atoms with van der Waals surface area (Å²) in [6.45, 7) is 7.31. The van der Waals surface area contributed by atoms with Crippen molar-refractivity contribution in [1.29, 1.82) is 0 Å². The molecule has 142 valence electrons. The molecule has 5 heteroatoms. The van der Waals surface area contributed by atoms with Gasteiger partial charge in [-0.1, -0.05) is 25.5 Å². The van der Waals surface area contributed by atoms with Gasteiger partial charge in [-0.2, -0.15) is 0 Å². The van der Waals surface area contributed by atoms with E-state index >= 15 is 0 Å². The highest BCUT2D eigenvalue weighted by Crippen LogP contribution is 2.23. The van der Waals surface area contributed by atoms with Crippen molar-refractivity contribution >= 4 is 23.3 Å². The highest BCUT2D eigenvalue weighted by Gasteiger charge is 2.28. The lowest BCUT2D eigenvalue weighted by molar-refractivity contribution is -0.137. The summed E-state index contributed by atoms with van der Waals surface area (Å²) in [5.41, 5.74) is 1.49. The number of allylic oxidation sites excluding steroid dienone is 5. The SMILES string of the molecule is COC(=O)/C1=C/C(=O)/C=C(\C)CC/C=C(\C)C(=O)C[C@H](C(C)C)C(=O)C1. The summed E-state index contributed by atoms with van der Waals surface area (Å²) in [6.07, 6.45) is 5.64. The predicted molar refractivity (Wildman–Crippen MR) is 99.4 cm³/mol. The number of rotatable bonds is 2. The molecule has 0 heterocycles. The summed E-state index contributed by atoms with van der Waals surface area (Å²) in [5.74, 6) is -1.89. The normalized spacial score (nSPS) is 26.9. The third-order valence-electron chi connectivity index (χ3n) is 4.57. The molecule has 0 aliphatic heterocycles. The molecule has 0 saturated heterocycles. The van der Waals surface area contributed by atoms with Gasteiger partial charge >= 0.3 is 5.97 Å². The predicted octanol–water partition coefficient (Wildman–Crippen LogP) is 3.53. The maximum absolute atomic E-state index is 12.7. The molecule has 5 nitrogen and oxygen atoms in total. The van der Waals surface area contributed by atoms with Crippen LogP contribution in [-0.4, -0.2) is 30.4 Å². The number of ether oxygens (including phenoxy) is 1. The topological polar surface area (TPSA) is 77.5 Å². The lowest BCUT2D eigenvalue weighted by Crippen LogP contribution is -2.25. The summed E-state index contributed by atoms with van der Waals surface area (Å²) >= 11 is 0. The quantitative estimate of drug-likeness (QED) is 0.704. The van der Waals surface area contributed by atoms with E-state index in [1.165, 1.54) is 19.3 Å². The van der Waals surface area contributed by atoms with Crippen molar-refractivity contribution in [3.05, 3.63) is 34.9 Å². The first-order valence-electron chi connectivity index (χ1n) is 8.88. The zero-order valence-corrected chi connectivity index (χ0v) is 16.3. The summed E-state index contributed by atoms with van der Waals surface area (Å²) in [7, 11) is 1.21. The molecule has 0 saturated carbocycles. The van der Waals surface area contributed by atoms with Gasteiger partial charge in [-0.25, -0.2) is 4.79 Å². The Morgan fingerprint density at radius 3 is 2.38 bits per heavy atom. The van der Waals surface area contributed by atoms with Gasteiger partial charge in [-0.3, -0.25) is 14.4 Å². The fourth-order valence-electron chi connectivity index (χ4n) is 2.87. The first-order valence-corrected chi connectivity index (χ1v) is 8.88. The van der Waals surface area contributed by atoms with Gasteiger partial charge in [0.15, 0.2) is 11.6 Å². The van der Waals surface area contributed by atoms with Crippen molar-refractivity contribution < 1.29 is 23.9 Å². The molecule has 0 unspecified atom stereocenters. The van der Waals surface area contributed by atoms with Crippen LogP contribution in [0.15, 0.2) is 34.9 Å². The number of Topliss-reactive ketones (excluding diaryl/α,β-unsaturated/α-hetero) is 2. The average molecular weight is 360 g/mol. The maximum atomic E-state index is 12.7. The van der Waals surface area contributed by atoms with E-state index in [9.17, 15) is 19.2 Å². The molecule has 0 fully saturated rings. The number of ketones is 3. The second-order valence-electron chi connectivity index (χ2n) is 7.10. The van der Waals surface area contributed by atoms with Crippen molar-refractivity contribution in [2.75, 3.05) is 7.11 Å². The van der Waals surface area contributed by atoms with Crippen molar-refractivity contribution in [2.24, 2.45) is 11.8 Å². The fourth-order valence-corrected chi connectivity index (χ4v) is 2.87. The summed E-state index contributed by atoms with van der Waals surface area (Å²) < 4.78 is 4.71. The highest BCUT2D eigenvalue weighted by atomic mass is 16.5. The number of carbonyl (C=O) groups excluding carboxylic acids is 4. The second kappa shape index (κ2) is 10.00. The highest BCUT2D eigenvalue weighted by molar-refractivity contribution is 6.07. The Morgan fingerprint density at radius 2 is 1.81 bits per heavy atom. The van der Waals surface area contributed by atoms with Gasteiger partial charge in [0.05, 0.1) is 7.11 Å². The smallest absolute Gasteiger partial charge is 0.334 e. The minimum absolute atomic E-state index is 0.0222. The first kappa shape index (κ1) is 21.7. The first-order chi connectivity index (χ1) is 12.1. The number of hydrogen-bond donors (Lipinski definition) is 0. The Bertz CT molecular complexity index is 677. The van der Waals surface area contributed by atoms with Crippen molar-refractivity contribution in [2.45, 2.75) is 53.4 Å². The Balaban J connectivity index is 3.31. The zero-order valence-electron chi connectivity index (χ0n) is 16.3. The van der Waals surface area contributed by atoms with E-state index in [1.54, 1.807) is 6.92 Å². The standard InChI is InChI=1S/C21H28O5/c1-13(2)18-12-19(23)15(4)8-6-7-14(3)9-17(22)10-16(11-20(18)24)21(25)26-5/h8-10,13,18H,6-7,11-12H2,1-5H3/b14-9+,15-8+,16-10+/t18-/m1/s1. The third-order valence-corrected chi connectivity index (χ3v) is 4.57. The average Bonchev–Trinajstić information content (AvgIpc) is 2.56. The third kappa shape index (κ3) is 6.54. The van der Waals surface area contributed by atoms with Gasteiger partial charge in [-0.05, 0) is 50.3 Å². The van der Waals surface area contributed by atoms with Gasteiger partial charge in [0.1, 0.15) is 5.78 Å². The van der Waals surface area contributed by atoms with Crippen molar-refractivity contribution in [3.8, 4) is 0 Å². The van der Waals surface area contributed by atoms with Gasteiger partial charge < -0.3 is 4.74 Å². The molecule has 0 amide bonds. The van der Waals surface area contributed by atoms with Crippen LogP contribution in [-0.2, 0) is 23.9 Å². The molecule has 1 aliphatic rings. The summed E-state index contributed by atoms with van der Waals surface area (Å²) in [5, 5.41) is 0. The van der Waals surface area contributed by atoms with Crippen LogP contribution in [0.3, 0.4) is 0 Å². The number of carbonyl (C=O) groups is 4. The molecule has 0 aromatic heterocycles. The van der Waals surface area contributed by atoms with Gasteiger partial charge in [0.25, 0.3) is 0 Å². The molecule has 0 N–H and O–H groups in total. The summed E-state index contributed by atoms with van der Waals surface area (Å²) in [6, 6.07) is 0. The van der Waals surface area contributed by atoms with E-state index in [0.29, 0.717) is 18.4 Å². The molecule has 0 aromatic carbocycles. The van der Waals surface area contributed by atoms with Gasteiger partial charge in [-0.15, -0.1) is 0 Å². The van der Waals surface area contributed by atoms with Crippen LogP contribution in [0.5, 0.6) is 0 Å². The molecule has 0 aromatic rings.